The molecule has 0 aliphatic carbocycles. The summed E-state index contributed by atoms with van der Waals surface area (Å²) >= 11 is 0. The molecule has 0 aromatic heterocycles. The predicted molar refractivity (Wildman–Crippen MR) is 43.0 cm³/mol. The van der Waals surface area contributed by atoms with Crippen molar-refractivity contribution in [3.63, 3.8) is 0 Å². The molecule has 9 heavy (non-hydrogen) atoms. The van der Waals surface area contributed by atoms with Gasteiger partial charge in [-0.2, -0.15) is 0 Å². The molecule has 0 unspecified atom stereocenters. The van der Waals surface area contributed by atoms with Gasteiger partial charge in [0.2, 0.25) is 0 Å². The van der Waals surface area contributed by atoms with Crippen molar-refractivity contribution >= 4 is 6.21 Å². The molecule has 1 heteroatoms. The lowest BCUT2D eigenvalue weighted by atomic mass is 10.4. The van der Waals surface area contributed by atoms with Gasteiger partial charge in [-0.25, -0.2) is 0 Å². The fourth-order valence-electron chi connectivity index (χ4n) is 0.350. The lowest BCUT2D eigenvalue weighted by Gasteiger charge is -1.89. The Balaban J connectivity index is 3.46. The lowest BCUT2D eigenvalue weighted by Crippen LogP contribution is -1.86. The van der Waals surface area contributed by atoms with Crippen molar-refractivity contribution in [2.45, 2.75) is 19.9 Å². The summed E-state index contributed by atoms with van der Waals surface area (Å²) in [6.45, 7) is 7.61. The smallest absolute Gasteiger partial charge is 0.0443 e. The van der Waals surface area contributed by atoms with Crippen LogP contribution in [0.15, 0.2) is 29.8 Å². The number of allylic oxidation sites excluding steroid dienone is 3. The molecule has 0 saturated carbocycles. The molecule has 0 saturated heterocycles. The molecular formula is C8H13N. The molecule has 0 rings (SSSR count). The normalized spacial score (nSPS) is 11.9. The van der Waals surface area contributed by atoms with Crippen LogP contribution in [-0.2, 0) is 0 Å². The maximum atomic E-state index is 4.10. The summed E-state index contributed by atoms with van der Waals surface area (Å²) in [4.78, 5) is 4.10. The van der Waals surface area contributed by atoms with Crippen LogP contribution in [0.4, 0.5) is 0 Å². The third-order valence-electron chi connectivity index (χ3n) is 0.717. The van der Waals surface area contributed by atoms with E-state index in [1.807, 2.05) is 26.0 Å². The maximum absolute atomic E-state index is 4.10. The van der Waals surface area contributed by atoms with Crippen molar-refractivity contribution < 1.29 is 0 Å². The standard InChI is InChI=1S/C8H13N/c1-4-5-6-7-9-8(2)3/h4-8H,1H2,2-3H3. The molecule has 0 fully saturated rings. The Labute approximate surface area is 56.8 Å². The fraction of sp³-hybridized carbons (Fsp3) is 0.375. The highest BCUT2D eigenvalue weighted by Crippen LogP contribution is 1.82. The van der Waals surface area contributed by atoms with Gasteiger partial charge in [-0.3, -0.25) is 4.99 Å². The van der Waals surface area contributed by atoms with Gasteiger partial charge in [-0.05, 0) is 19.9 Å². The molecule has 0 atom stereocenters. The number of hydrogen-bond donors (Lipinski definition) is 0. The van der Waals surface area contributed by atoms with E-state index in [1.165, 1.54) is 0 Å². The molecule has 0 aliphatic heterocycles. The zero-order valence-electron chi connectivity index (χ0n) is 6.04. The molecule has 0 aromatic rings. The summed E-state index contributed by atoms with van der Waals surface area (Å²) in [7, 11) is 0. The van der Waals surface area contributed by atoms with Gasteiger partial charge in [0.15, 0.2) is 0 Å². The second-order valence-electron chi connectivity index (χ2n) is 2.01. The van der Waals surface area contributed by atoms with Gasteiger partial charge < -0.3 is 0 Å². The first-order chi connectivity index (χ1) is 4.27. The van der Waals surface area contributed by atoms with E-state index in [4.69, 9.17) is 0 Å². The Morgan fingerprint density at radius 3 is 2.44 bits per heavy atom. The number of aliphatic imine (C=N–C) groups is 1. The molecule has 0 spiro atoms. The van der Waals surface area contributed by atoms with Gasteiger partial charge >= 0.3 is 0 Å². The molecule has 0 aromatic carbocycles. The van der Waals surface area contributed by atoms with Crippen LogP contribution in [0.2, 0.25) is 0 Å². The van der Waals surface area contributed by atoms with E-state index >= 15 is 0 Å². The summed E-state index contributed by atoms with van der Waals surface area (Å²) in [6, 6.07) is 0.388. The Kier molecular flexibility index (Phi) is 4.79. The number of rotatable bonds is 3. The van der Waals surface area contributed by atoms with E-state index in [0.717, 1.165) is 0 Å². The van der Waals surface area contributed by atoms with Gasteiger partial charge in [0.1, 0.15) is 0 Å². The van der Waals surface area contributed by atoms with Crippen molar-refractivity contribution in [1.82, 2.24) is 0 Å². The highest BCUT2D eigenvalue weighted by Gasteiger charge is 1.78. The minimum atomic E-state index is 0.388. The first kappa shape index (κ1) is 8.15. The van der Waals surface area contributed by atoms with Crippen LogP contribution in [-0.4, -0.2) is 12.3 Å². The molecule has 0 bridgehead atoms. The van der Waals surface area contributed by atoms with E-state index in [-0.39, 0.29) is 0 Å². The van der Waals surface area contributed by atoms with Crippen molar-refractivity contribution in [3.05, 3.63) is 24.8 Å². The maximum Gasteiger partial charge on any atom is 0.0443 e. The molecule has 50 valence electrons. The minimum absolute atomic E-state index is 0.388. The average molecular weight is 123 g/mol. The van der Waals surface area contributed by atoms with E-state index in [2.05, 4.69) is 11.6 Å². The van der Waals surface area contributed by atoms with Crippen molar-refractivity contribution in [1.29, 1.82) is 0 Å². The van der Waals surface area contributed by atoms with Crippen LogP contribution >= 0.6 is 0 Å². The second kappa shape index (κ2) is 5.29. The van der Waals surface area contributed by atoms with Crippen LogP contribution in [0, 0.1) is 0 Å². The highest BCUT2D eigenvalue weighted by molar-refractivity contribution is 5.71. The van der Waals surface area contributed by atoms with E-state index < -0.39 is 0 Å². The van der Waals surface area contributed by atoms with Gasteiger partial charge in [-0.15, -0.1) is 0 Å². The van der Waals surface area contributed by atoms with Crippen molar-refractivity contribution in [2.75, 3.05) is 0 Å². The van der Waals surface area contributed by atoms with Gasteiger partial charge in [-0.1, -0.05) is 18.7 Å². The summed E-state index contributed by atoms with van der Waals surface area (Å²) in [5.41, 5.74) is 0. The van der Waals surface area contributed by atoms with Crippen LogP contribution in [0.5, 0.6) is 0 Å². The average Bonchev–Trinajstić information content (AvgIpc) is 1.80. The van der Waals surface area contributed by atoms with Crippen LogP contribution in [0.25, 0.3) is 0 Å². The quantitative estimate of drug-likeness (QED) is 0.403. The number of nitrogens with zero attached hydrogens (tertiary/aromatic N) is 1. The molecule has 0 aliphatic rings. The molecule has 0 N–H and O–H groups in total. The summed E-state index contributed by atoms with van der Waals surface area (Å²) < 4.78 is 0. The van der Waals surface area contributed by atoms with Crippen molar-refractivity contribution in [3.8, 4) is 0 Å². The fourth-order valence-corrected chi connectivity index (χ4v) is 0.350. The van der Waals surface area contributed by atoms with Crippen LogP contribution in [0.1, 0.15) is 13.8 Å². The Morgan fingerprint density at radius 2 is 2.00 bits per heavy atom. The zero-order valence-corrected chi connectivity index (χ0v) is 6.04. The molecule has 0 radical (unpaired) electrons. The minimum Gasteiger partial charge on any atom is -0.290 e. The summed E-state index contributed by atoms with van der Waals surface area (Å²) in [5, 5.41) is 0. The van der Waals surface area contributed by atoms with E-state index in [1.54, 1.807) is 12.3 Å². The summed E-state index contributed by atoms with van der Waals surface area (Å²) in [6.07, 6.45) is 7.23. The molecule has 0 heterocycles. The number of hydrogen-bond acceptors (Lipinski definition) is 1. The Bertz CT molecular complexity index is 121. The topological polar surface area (TPSA) is 12.4 Å². The molecule has 0 amide bonds. The first-order valence-corrected chi connectivity index (χ1v) is 3.08. The summed E-state index contributed by atoms with van der Waals surface area (Å²) in [5.74, 6) is 0. The van der Waals surface area contributed by atoms with Crippen molar-refractivity contribution in [2.24, 2.45) is 4.99 Å². The predicted octanol–water partition coefficient (Wildman–Crippen LogP) is 2.21. The zero-order chi connectivity index (χ0) is 7.11. The molecular weight excluding hydrogens is 110 g/mol. The van der Waals surface area contributed by atoms with E-state index in [9.17, 15) is 0 Å². The van der Waals surface area contributed by atoms with Crippen LogP contribution in [0.3, 0.4) is 0 Å². The first-order valence-electron chi connectivity index (χ1n) is 3.08. The monoisotopic (exact) mass is 123 g/mol. The lowest BCUT2D eigenvalue weighted by molar-refractivity contribution is 0.842. The van der Waals surface area contributed by atoms with Gasteiger partial charge in [0.05, 0.1) is 0 Å². The third-order valence-corrected chi connectivity index (χ3v) is 0.717. The van der Waals surface area contributed by atoms with Crippen LogP contribution < -0.4 is 0 Å². The third kappa shape index (κ3) is 7.15. The second-order valence-corrected chi connectivity index (χ2v) is 2.01. The van der Waals surface area contributed by atoms with Gasteiger partial charge in [0, 0.05) is 12.3 Å². The Hall–Kier alpha value is -0.850. The SMILES string of the molecule is C=CC=CC=NC(C)C. The Morgan fingerprint density at radius 1 is 1.33 bits per heavy atom. The largest absolute Gasteiger partial charge is 0.290 e. The van der Waals surface area contributed by atoms with Gasteiger partial charge in [0.25, 0.3) is 0 Å². The highest BCUT2D eigenvalue weighted by atomic mass is 14.7. The van der Waals surface area contributed by atoms with E-state index in [0.29, 0.717) is 6.04 Å². The molecule has 1 nitrogen and oxygen atoms in total.